The molecule has 0 amide bonds. The average Bonchev–Trinajstić information content (AvgIpc) is 2.55. The van der Waals surface area contributed by atoms with Crippen molar-refractivity contribution in [3.63, 3.8) is 0 Å². The normalized spacial score (nSPS) is 10.5. The molecule has 0 fully saturated rings. The van der Waals surface area contributed by atoms with Crippen LogP contribution >= 0.6 is 0 Å². The molecule has 0 aliphatic carbocycles. The number of hydrogen-bond donors (Lipinski definition) is 1. The van der Waals surface area contributed by atoms with E-state index in [0.717, 1.165) is 49.6 Å². The van der Waals surface area contributed by atoms with Gasteiger partial charge in [-0.1, -0.05) is 25.5 Å². The van der Waals surface area contributed by atoms with Gasteiger partial charge >= 0.3 is 0 Å². The second-order valence-corrected chi connectivity index (χ2v) is 5.34. The van der Waals surface area contributed by atoms with Crippen LogP contribution in [0.1, 0.15) is 25.3 Å². The van der Waals surface area contributed by atoms with Crippen LogP contribution in [0.25, 0.3) is 0 Å². The highest BCUT2D eigenvalue weighted by molar-refractivity contribution is 5.47. The fraction of sp³-hybridized carbons (Fsp3) is 0.412. The lowest BCUT2D eigenvalue weighted by Gasteiger charge is -2.18. The van der Waals surface area contributed by atoms with Crippen molar-refractivity contribution in [3.05, 3.63) is 48.0 Å². The maximum Gasteiger partial charge on any atom is 0.133 e. The maximum absolute atomic E-state index is 12.8. The van der Waals surface area contributed by atoms with Crippen LogP contribution < -0.4 is 10.2 Å². The number of benzene rings is 1. The second-order valence-electron chi connectivity index (χ2n) is 5.34. The Hall–Kier alpha value is -2.17. The van der Waals surface area contributed by atoms with Crippen molar-refractivity contribution in [1.29, 1.82) is 0 Å². The van der Waals surface area contributed by atoms with Crippen LogP contribution in [0.4, 0.5) is 16.0 Å². The number of rotatable bonds is 8. The van der Waals surface area contributed by atoms with Crippen molar-refractivity contribution in [2.24, 2.45) is 0 Å². The first-order chi connectivity index (χ1) is 10.7. The Kier molecular flexibility index (Phi) is 6.13. The van der Waals surface area contributed by atoms with Gasteiger partial charge in [0, 0.05) is 26.2 Å². The monoisotopic (exact) mass is 302 g/mol. The summed E-state index contributed by atoms with van der Waals surface area (Å²) < 4.78 is 12.8. The second kappa shape index (κ2) is 8.32. The summed E-state index contributed by atoms with van der Waals surface area (Å²) >= 11 is 0. The maximum atomic E-state index is 12.8. The van der Waals surface area contributed by atoms with E-state index in [1.807, 2.05) is 13.1 Å². The van der Waals surface area contributed by atoms with Crippen molar-refractivity contribution in [2.75, 3.05) is 30.4 Å². The summed E-state index contributed by atoms with van der Waals surface area (Å²) in [6, 6.07) is 8.55. The Morgan fingerprint density at radius 1 is 1.18 bits per heavy atom. The topological polar surface area (TPSA) is 41.0 Å². The molecule has 5 heteroatoms. The number of hydrogen-bond acceptors (Lipinski definition) is 4. The van der Waals surface area contributed by atoms with E-state index in [1.54, 1.807) is 18.5 Å². The minimum Gasteiger partial charge on any atom is -0.370 e. The zero-order valence-electron chi connectivity index (χ0n) is 13.2. The summed E-state index contributed by atoms with van der Waals surface area (Å²) in [5.41, 5.74) is 1.10. The molecule has 0 unspecified atom stereocenters. The van der Waals surface area contributed by atoms with Gasteiger partial charge in [0.15, 0.2) is 0 Å². The summed E-state index contributed by atoms with van der Waals surface area (Å²) in [7, 11) is 2.04. The first-order valence-electron chi connectivity index (χ1n) is 7.70. The Balaban J connectivity index is 1.86. The number of nitrogens with zero attached hydrogens (tertiary/aromatic N) is 3. The van der Waals surface area contributed by atoms with E-state index in [4.69, 9.17) is 0 Å². The number of unbranched alkanes of at least 4 members (excludes halogenated alkanes) is 1. The van der Waals surface area contributed by atoms with Gasteiger partial charge in [-0.15, -0.1) is 0 Å². The average molecular weight is 302 g/mol. The summed E-state index contributed by atoms with van der Waals surface area (Å²) in [5.74, 6) is 1.54. The highest BCUT2D eigenvalue weighted by atomic mass is 19.1. The van der Waals surface area contributed by atoms with E-state index in [0.29, 0.717) is 0 Å². The lowest BCUT2D eigenvalue weighted by molar-refractivity contribution is 0.627. The van der Waals surface area contributed by atoms with Crippen LogP contribution in [0.2, 0.25) is 0 Å². The van der Waals surface area contributed by atoms with Crippen molar-refractivity contribution >= 4 is 11.6 Å². The Morgan fingerprint density at radius 3 is 2.68 bits per heavy atom. The van der Waals surface area contributed by atoms with Gasteiger partial charge in [0.25, 0.3) is 0 Å². The molecule has 4 nitrogen and oxygen atoms in total. The van der Waals surface area contributed by atoms with Crippen molar-refractivity contribution in [1.82, 2.24) is 9.97 Å². The van der Waals surface area contributed by atoms with Crippen LogP contribution in [0.3, 0.4) is 0 Å². The molecule has 2 rings (SSSR count). The highest BCUT2D eigenvalue weighted by Crippen LogP contribution is 2.13. The predicted octanol–water partition coefficient (Wildman–Crippen LogP) is 3.51. The first-order valence-corrected chi connectivity index (χ1v) is 7.70. The summed E-state index contributed by atoms with van der Waals surface area (Å²) in [6.07, 6.45) is 4.72. The summed E-state index contributed by atoms with van der Waals surface area (Å²) in [4.78, 5) is 10.7. The molecule has 1 heterocycles. The molecule has 0 spiro atoms. The molecule has 1 aromatic carbocycles. The SMILES string of the molecule is CCCCN(C)c1cc(NCCc2ccc(F)cc2)ncn1. The lowest BCUT2D eigenvalue weighted by Crippen LogP contribution is -2.20. The van der Waals surface area contributed by atoms with Crippen molar-refractivity contribution < 1.29 is 4.39 Å². The van der Waals surface area contributed by atoms with Crippen LogP contribution in [0.15, 0.2) is 36.7 Å². The third-order valence-corrected chi connectivity index (χ3v) is 3.52. The minimum atomic E-state index is -0.202. The van der Waals surface area contributed by atoms with Gasteiger partial charge in [-0.05, 0) is 30.5 Å². The molecular formula is C17H23FN4. The van der Waals surface area contributed by atoms with Crippen LogP contribution in [-0.4, -0.2) is 30.1 Å². The van der Waals surface area contributed by atoms with Gasteiger partial charge in [0.1, 0.15) is 23.8 Å². The number of halogens is 1. The minimum absolute atomic E-state index is 0.202. The molecule has 118 valence electrons. The molecule has 0 atom stereocenters. The first kappa shape index (κ1) is 16.2. The van der Waals surface area contributed by atoms with Gasteiger partial charge < -0.3 is 10.2 Å². The van der Waals surface area contributed by atoms with E-state index in [9.17, 15) is 4.39 Å². The molecule has 22 heavy (non-hydrogen) atoms. The van der Waals surface area contributed by atoms with E-state index in [-0.39, 0.29) is 5.82 Å². The molecule has 0 radical (unpaired) electrons. The van der Waals surface area contributed by atoms with Gasteiger partial charge in [-0.2, -0.15) is 0 Å². The molecule has 0 saturated carbocycles. The van der Waals surface area contributed by atoms with Crippen LogP contribution in [0, 0.1) is 5.82 Å². The van der Waals surface area contributed by atoms with Crippen molar-refractivity contribution in [3.8, 4) is 0 Å². The van der Waals surface area contributed by atoms with E-state index >= 15 is 0 Å². The van der Waals surface area contributed by atoms with E-state index in [1.165, 1.54) is 12.1 Å². The van der Waals surface area contributed by atoms with Crippen LogP contribution in [-0.2, 0) is 6.42 Å². The fourth-order valence-electron chi connectivity index (χ4n) is 2.15. The number of anilines is 2. The standard InChI is InChI=1S/C17H23FN4/c1-3-4-11-22(2)17-12-16(20-13-21-17)19-10-9-14-5-7-15(18)8-6-14/h5-8,12-13H,3-4,9-11H2,1-2H3,(H,19,20,21). The number of nitrogens with one attached hydrogen (secondary N) is 1. The zero-order valence-corrected chi connectivity index (χ0v) is 13.2. The quantitative estimate of drug-likeness (QED) is 0.810. The summed E-state index contributed by atoms with van der Waals surface area (Å²) in [5, 5.41) is 3.29. The molecule has 0 aliphatic heterocycles. The predicted molar refractivity (Wildman–Crippen MR) is 88.8 cm³/mol. The number of aromatic nitrogens is 2. The van der Waals surface area contributed by atoms with E-state index < -0.39 is 0 Å². The molecule has 1 aromatic heterocycles. The van der Waals surface area contributed by atoms with Crippen molar-refractivity contribution in [2.45, 2.75) is 26.2 Å². The highest BCUT2D eigenvalue weighted by Gasteiger charge is 2.04. The summed E-state index contributed by atoms with van der Waals surface area (Å²) in [6.45, 7) is 3.92. The van der Waals surface area contributed by atoms with Gasteiger partial charge in [0.05, 0.1) is 0 Å². The molecule has 2 aromatic rings. The molecule has 0 saturated heterocycles. The van der Waals surface area contributed by atoms with Crippen LogP contribution in [0.5, 0.6) is 0 Å². The smallest absolute Gasteiger partial charge is 0.133 e. The van der Waals surface area contributed by atoms with Gasteiger partial charge in [-0.25, -0.2) is 14.4 Å². The van der Waals surface area contributed by atoms with Gasteiger partial charge in [0.2, 0.25) is 0 Å². The third kappa shape index (κ3) is 4.98. The molecule has 1 N–H and O–H groups in total. The lowest BCUT2D eigenvalue weighted by atomic mass is 10.1. The fourth-order valence-corrected chi connectivity index (χ4v) is 2.15. The Labute approximate surface area is 131 Å². The van der Waals surface area contributed by atoms with E-state index in [2.05, 4.69) is 27.1 Å². The zero-order chi connectivity index (χ0) is 15.8. The molecular weight excluding hydrogens is 279 g/mol. The largest absolute Gasteiger partial charge is 0.370 e. The third-order valence-electron chi connectivity index (χ3n) is 3.52. The Morgan fingerprint density at radius 2 is 1.95 bits per heavy atom. The molecule has 0 bridgehead atoms. The molecule has 0 aliphatic rings. The Bertz CT molecular complexity index is 571. The van der Waals surface area contributed by atoms with Gasteiger partial charge in [-0.3, -0.25) is 0 Å².